The van der Waals surface area contributed by atoms with Crippen LogP contribution in [0.3, 0.4) is 0 Å². The van der Waals surface area contributed by atoms with Gasteiger partial charge in [0.25, 0.3) is 0 Å². The second-order valence-electron chi connectivity index (χ2n) is 6.58. The Morgan fingerprint density at radius 2 is 1.78 bits per heavy atom. The van der Waals surface area contributed by atoms with Crippen molar-refractivity contribution in [1.29, 1.82) is 0 Å². The van der Waals surface area contributed by atoms with Gasteiger partial charge in [0.05, 0.1) is 0 Å². The fraction of sp³-hybridized carbons (Fsp3) is 1.00. The van der Waals surface area contributed by atoms with Gasteiger partial charge in [-0.1, -0.05) is 34.6 Å². The summed E-state index contributed by atoms with van der Waals surface area (Å²) >= 11 is 0. The van der Waals surface area contributed by atoms with E-state index in [-0.39, 0.29) is 0 Å². The molecule has 0 aromatic heterocycles. The molecule has 1 rings (SSSR count). The summed E-state index contributed by atoms with van der Waals surface area (Å²) in [7, 11) is 0. The summed E-state index contributed by atoms with van der Waals surface area (Å²) in [5, 5.41) is 3.76. The van der Waals surface area contributed by atoms with Crippen molar-refractivity contribution in [2.75, 3.05) is 26.2 Å². The molecule has 0 aromatic carbocycles. The van der Waals surface area contributed by atoms with E-state index in [9.17, 15) is 0 Å². The fourth-order valence-electron chi connectivity index (χ4n) is 2.72. The van der Waals surface area contributed by atoms with Crippen molar-refractivity contribution in [2.45, 2.75) is 66.3 Å². The Hall–Kier alpha value is -0.0800. The lowest BCUT2D eigenvalue weighted by molar-refractivity contribution is 0.128. The molecule has 1 fully saturated rings. The molecule has 1 N–H and O–H groups in total. The summed E-state index contributed by atoms with van der Waals surface area (Å²) in [6.07, 6.45) is 5.37. The van der Waals surface area contributed by atoms with Gasteiger partial charge >= 0.3 is 0 Å². The lowest BCUT2D eigenvalue weighted by atomic mass is 9.81. The quantitative estimate of drug-likeness (QED) is 0.641. The van der Waals surface area contributed by atoms with Crippen LogP contribution >= 0.6 is 0 Å². The summed E-state index contributed by atoms with van der Waals surface area (Å²) in [5.41, 5.74) is 0.480. The normalized spacial score (nSPS) is 16.8. The maximum atomic E-state index is 3.76. The average molecular weight is 254 g/mol. The van der Waals surface area contributed by atoms with Crippen LogP contribution in [0.2, 0.25) is 0 Å². The Morgan fingerprint density at radius 3 is 2.17 bits per heavy atom. The molecule has 1 aliphatic carbocycles. The van der Waals surface area contributed by atoms with E-state index in [0.717, 1.165) is 12.0 Å². The van der Waals surface area contributed by atoms with E-state index in [1.807, 2.05) is 0 Å². The molecule has 2 heteroatoms. The Balaban J connectivity index is 2.51. The third-order valence-electron chi connectivity index (χ3n) is 4.47. The number of nitrogens with one attached hydrogen (secondary N) is 1. The molecule has 18 heavy (non-hydrogen) atoms. The first kappa shape index (κ1) is 16.0. The molecule has 108 valence electrons. The van der Waals surface area contributed by atoms with Crippen LogP contribution in [0.1, 0.15) is 60.3 Å². The highest BCUT2D eigenvalue weighted by Gasteiger charge is 2.31. The minimum atomic E-state index is 0.480. The highest BCUT2D eigenvalue weighted by Crippen LogP contribution is 2.29. The second-order valence-corrected chi connectivity index (χ2v) is 6.58. The molecular weight excluding hydrogens is 220 g/mol. The van der Waals surface area contributed by atoms with E-state index in [2.05, 4.69) is 44.8 Å². The number of nitrogens with zero attached hydrogens (tertiary/aromatic N) is 1. The standard InChI is InChI=1S/C16H34N2/c1-6-16(7-2,12-17-15-9-10-15)13-18(8-3)11-14(4)5/h14-15,17H,6-13H2,1-5H3. The predicted molar refractivity (Wildman–Crippen MR) is 81.0 cm³/mol. The van der Waals surface area contributed by atoms with Gasteiger partial charge in [-0.25, -0.2) is 0 Å². The maximum Gasteiger partial charge on any atom is 0.00684 e. The van der Waals surface area contributed by atoms with Crippen molar-refractivity contribution < 1.29 is 0 Å². The monoisotopic (exact) mass is 254 g/mol. The summed E-state index contributed by atoms with van der Waals surface area (Å²) in [6.45, 7) is 16.6. The fourth-order valence-corrected chi connectivity index (χ4v) is 2.72. The van der Waals surface area contributed by atoms with Crippen LogP contribution in [0.5, 0.6) is 0 Å². The third kappa shape index (κ3) is 5.27. The van der Waals surface area contributed by atoms with Gasteiger partial charge in [-0.3, -0.25) is 0 Å². The van der Waals surface area contributed by atoms with Crippen LogP contribution in [-0.2, 0) is 0 Å². The Morgan fingerprint density at radius 1 is 1.17 bits per heavy atom. The van der Waals surface area contributed by atoms with Gasteiger partial charge in [0.1, 0.15) is 0 Å². The van der Waals surface area contributed by atoms with Crippen molar-refractivity contribution >= 4 is 0 Å². The van der Waals surface area contributed by atoms with E-state index in [0.29, 0.717) is 5.41 Å². The van der Waals surface area contributed by atoms with Crippen molar-refractivity contribution in [3.05, 3.63) is 0 Å². The number of rotatable bonds is 10. The van der Waals surface area contributed by atoms with E-state index in [1.165, 1.54) is 51.9 Å². The molecule has 0 spiro atoms. The zero-order valence-corrected chi connectivity index (χ0v) is 13.3. The minimum absolute atomic E-state index is 0.480. The zero-order chi connectivity index (χ0) is 13.6. The van der Waals surface area contributed by atoms with Gasteiger partial charge in [0.2, 0.25) is 0 Å². The molecule has 0 atom stereocenters. The zero-order valence-electron chi connectivity index (χ0n) is 13.3. The maximum absolute atomic E-state index is 3.76. The molecule has 0 aromatic rings. The predicted octanol–water partition coefficient (Wildman–Crippen LogP) is 3.52. The van der Waals surface area contributed by atoms with Crippen LogP contribution in [0.25, 0.3) is 0 Å². The first-order valence-corrected chi connectivity index (χ1v) is 8.01. The SMILES string of the molecule is CCN(CC(C)C)CC(CC)(CC)CNC1CC1. The molecule has 0 amide bonds. The van der Waals surface area contributed by atoms with Crippen molar-refractivity contribution in [2.24, 2.45) is 11.3 Å². The smallest absolute Gasteiger partial charge is 0.00684 e. The van der Waals surface area contributed by atoms with Crippen LogP contribution in [0, 0.1) is 11.3 Å². The largest absolute Gasteiger partial charge is 0.313 e. The topological polar surface area (TPSA) is 15.3 Å². The van der Waals surface area contributed by atoms with Gasteiger partial charge in [-0.2, -0.15) is 0 Å². The van der Waals surface area contributed by atoms with Crippen molar-refractivity contribution in [3.63, 3.8) is 0 Å². The molecule has 1 aliphatic rings. The molecule has 0 heterocycles. The molecule has 0 saturated heterocycles. The Kier molecular flexibility index (Phi) is 6.65. The summed E-state index contributed by atoms with van der Waals surface area (Å²) in [5.74, 6) is 0.771. The summed E-state index contributed by atoms with van der Waals surface area (Å²) in [4.78, 5) is 2.65. The molecule has 0 unspecified atom stereocenters. The highest BCUT2D eigenvalue weighted by atomic mass is 15.1. The lowest BCUT2D eigenvalue weighted by Gasteiger charge is -2.38. The molecular formula is C16H34N2. The average Bonchev–Trinajstić information content (AvgIpc) is 3.17. The molecule has 0 radical (unpaired) electrons. The molecule has 0 aliphatic heterocycles. The third-order valence-corrected chi connectivity index (χ3v) is 4.47. The molecule has 0 bridgehead atoms. The van der Waals surface area contributed by atoms with E-state index in [4.69, 9.17) is 0 Å². The minimum Gasteiger partial charge on any atom is -0.313 e. The van der Waals surface area contributed by atoms with E-state index >= 15 is 0 Å². The Labute approximate surface area is 115 Å². The molecule has 1 saturated carbocycles. The molecule has 2 nitrogen and oxygen atoms in total. The van der Waals surface area contributed by atoms with Gasteiger partial charge in [0.15, 0.2) is 0 Å². The van der Waals surface area contributed by atoms with Gasteiger partial charge in [0, 0.05) is 25.7 Å². The number of hydrogen-bond donors (Lipinski definition) is 1. The van der Waals surface area contributed by atoms with Crippen LogP contribution in [0.4, 0.5) is 0 Å². The lowest BCUT2D eigenvalue weighted by Crippen LogP contribution is -2.45. The summed E-state index contributed by atoms with van der Waals surface area (Å²) < 4.78 is 0. The van der Waals surface area contributed by atoms with E-state index < -0.39 is 0 Å². The van der Waals surface area contributed by atoms with Crippen LogP contribution < -0.4 is 5.32 Å². The van der Waals surface area contributed by atoms with Crippen LogP contribution in [0.15, 0.2) is 0 Å². The Bertz CT molecular complexity index is 217. The number of hydrogen-bond acceptors (Lipinski definition) is 2. The van der Waals surface area contributed by atoms with Gasteiger partial charge < -0.3 is 10.2 Å². The first-order chi connectivity index (χ1) is 8.55. The second kappa shape index (κ2) is 7.49. The van der Waals surface area contributed by atoms with Crippen LogP contribution in [-0.4, -0.2) is 37.1 Å². The van der Waals surface area contributed by atoms with Gasteiger partial charge in [-0.05, 0) is 43.6 Å². The van der Waals surface area contributed by atoms with Crippen molar-refractivity contribution in [1.82, 2.24) is 10.2 Å². The van der Waals surface area contributed by atoms with Crippen molar-refractivity contribution in [3.8, 4) is 0 Å². The van der Waals surface area contributed by atoms with Gasteiger partial charge in [-0.15, -0.1) is 0 Å². The summed E-state index contributed by atoms with van der Waals surface area (Å²) in [6, 6.07) is 0.836. The highest BCUT2D eigenvalue weighted by molar-refractivity contribution is 4.88. The van der Waals surface area contributed by atoms with E-state index in [1.54, 1.807) is 0 Å². The first-order valence-electron chi connectivity index (χ1n) is 8.01.